The largest absolute Gasteiger partial charge is 0.503 e. The standard InChI is InChI=1S/C18H19BrN2O6/c1-24-13-6-10(5-12(19)16(13)22)9-20-21-18(23)11-7-14(25-2)17(27-4)15(8-11)26-3/h5-9,22H,1-4H3,(H,21,23)/b20-9+. The predicted molar refractivity (Wildman–Crippen MR) is 104 cm³/mol. The van der Waals surface area contributed by atoms with Crippen molar-refractivity contribution in [2.45, 2.75) is 0 Å². The summed E-state index contributed by atoms with van der Waals surface area (Å²) < 4.78 is 21.2. The van der Waals surface area contributed by atoms with Crippen LogP contribution in [0.15, 0.2) is 33.8 Å². The van der Waals surface area contributed by atoms with Gasteiger partial charge in [-0.2, -0.15) is 5.10 Å². The van der Waals surface area contributed by atoms with Crippen molar-refractivity contribution in [1.82, 2.24) is 5.43 Å². The van der Waals surface area contributed by atoms with Gasteiger partial charge in [0.25, 0.3) is 5.91 Å². The molecule has 0 fully saturated rings. The second-order valence-corrected chi connectivity index (χ2v) is 6.02. The molecule has 0 aliphatic carbocycles. The average molecular weight is 439 g/mol. The van der Waals surface area contributed by atoms with Crippen LogP contribution in [0.25, 0.3) is 0 Å². The molecule has 2 N–H and O–H groups in total. The van der Waals surface area contributed by atoms with Crippen LogP contribution in [0.5, 0.6) is 28.7 Å². The highest BCUT2D eigenvalue weighted by Gasteiger charge is 2.16. The second-order valence-electron chi connectivity index (χ2n) is 5.17. The number of hydrogen-bond donors (Lipinski definition) is 2. The van der Waals surface area contributed by atoms with Gasteiger partial charge in [-0.15, -0.1) is 0 Å². The number of nitrogens with one attached hydrogen (secondary N) is 1. The van der Waals surface area contributed by atoms with Crippen LogP contribution in [0.2, 0.25) is 0 Å². The number of phenolic OH excluding ortho intramolecular Hbond substituents is 1. The van der Waals surface area contributed by atoms with E-state index in [9.17, 15) is 9.90 Å². The van der Waals surface area contributed by atoms with Gasteiger partial charge in [0.05, 0.1) is 39.1 Å². The number of aromatic hydroxyl groups is 1. The highest BCUT2D eigenvalue weighted by atomic mass is 79.9. The van der Waals surface area contributed by atoms with Gasteiger partial charge in [0.2, 0.25) is 5.75 Å². The topological polar surface area (TPSA) is 98.6 Å². The lowest BCUT2D eigenvalue weighted by molar-refractivity contribution is 0.0954. The zero-order chi connectivity index (χ0) is 20.0. The summed E-state index contributed by atoms with van der Waals surface area (Å²) >= 11 is 3.22. The summed E-state index contributed by atoms with van der Waals surface area (Å²) in [4.78, 5) is 12.4. The lowest BCUT2D eigenvalue weighted by Crippen LogP contribution is -2.18. The summed E-state index contributed by atoms with van der Waals surface area (Å²) in [5.41, 5.74) is 3.32. The van der Waals surface area contributed by atoms with Gasteiger partial charge in [-0.05, 0) is 45.8 Å². The maximum Gasteiger partial charge on any atom is 0.271 e. The Bertz CT molecular complexity index is 844. The van der Waals surface area contributed by atoms with E-state index in [0.29, 0.717) is 27.3 Å². The first-order valence-electron chi connectivity index (χ1n) is 7.65. The number of halogens is 1. The van der Waals surface area contributed by atoms with Crippen LogP contribution < -0.4 is 24.4 Å². The minimum Gasteiger partial charge on any atom is -0.503 e. The van der Waals surface area contributed by atoms with Crippen molar-refractivity contribution in [2.75, 3.05) is 28.4 Å². The molecule has 0 heterocycles. The summed E-state index contributed by atoms with van der Waals surface area (Å²) in [5.74, 6) is 0.908. The predicted octanol–water partition coefficient (Wildman–Crippen LogP) is 2.95. The van der Waals surface area contributed by atoms with Crippen LogP contribution in [-0.2, 0) is 0 Å². The van der Waals surface area contributed by atoms with Crippen LogP contribution >= 0.6 is 15.9 Å². The molecule has 0 saturated heterocycles. The van der Waals surface area contributed by atoms with Crippen molar-refractivity contribution >= 4 is 28.1 Å². The highest BCUT2D eigenvalue weighted by Crippen LogP contribution is 2.38. The molecule has 27 heavy (non-hydrogen) atoms. The number of methoxy groups -OCH3 is 4. The number of hydrazone groups is 1. The van der Waals surface area contributed by atoms with Crippen LogP contribution in [0, 0.1) is 0 Å². The third-order valence-corrected chi connectivity index (χ3v) is 4.18. The first-order valence-corrected chi connectivity index (χ1v) is 8.44. The molecule has 0 spiro atoms. The van der Waals surface area contributed by atoms with E-state index in [4.69, 9.17) is 18.9 Å². The molecule has 2 aromatic rings. The molecular formula is C18H19BrN2O6. The fraction of sp³-hybridized carbons (Fsp3) is 0.222. The number of carbonyl (C=O) groups is 1. The Morgan fingerprint density at radius 2 is 1.59 bits per heavy atom. The minimum atomic E-state index is -0.463. The molecule has 0 atom stereocenters. The fourth-order valence-corrected chi connectivity index (χ4v) is 2.73. The summed E-state index contributed by atoms with van der Waals surface area (Å²) in [7, 11) is 5.85. The highest BCUT2D eigenvalue weighted by molar-refractivity contribution is 9.10. The number of benzene rings is 2. The van der Waals surface area contributed by atoms with E-state index in [0.717, 1.165) is 0 Å². The number of amides is 1. The van der Waals surface area contributed by atoms with E-state index < -0.39 is 5.91 Å². The smallest absolute Gasteiger partial charge is 0.271 e. The van der Waals surface area contributed by atoms with Gasteiger partial charge in [0.15, 0.2) is 23.0 Å². The van der Waals surface area contributed by atoms with Gasteiger partial charge in [0.1, 0.15) is 0 Å². The summed E-state index contributed by atoms with van der Waals surface area (Å²) in [6.45, 7) is 0. The van der Waals surface area contributed by atoms with Crippen molar-refractivity contribution < 1.29 is 28.8 Å². The van der Waals surface area contributed by atoms with Gasteiger partial charge in [-0.1, -0.05) is 0 Å². The van der Waals surface area contributed by atoms with E-state index in [2.05, 4.69) is 26.5 Å². The molecule has 0 unspecified atom stereocenters. The number of ether oxygens (including phenoxy) is 4. The molecule has 0 radical (unpaired) electrons. The number of carbonyl (C=O) groups excluding carboxylic acids is 1. The molecular weight excluding hydrogens is 420 g/mol. The van der Waals surface area contributed by atoms with Crippen LogP contribution in [0.4, 0.5) is 0 Å². The molecule has 0 bridgehead atoms. The van der Waals surface area contributed by atoms with Crippen molar-refractivity contribution in [3.63, 3.8) is 0 Å². The Balaban J connectivity index is 2.21. The second kappa shape index (κ2) is 9.13. The Morgan fingerprint density at radius 1 is 1.00 bits per heavy atom. The van der Waals surface area contributed by atoms with E-state index in [1.165, 1.54) is 46.8 Å². The zero-order valence-corrected chi connectivity index (χ0v) is 16.8. The maximum absolute atomic E-state index is 12.4. The van der Waals surface area contributed by atoms with Crippen molar-refractivity contribution in [3.8, 4) is 28.7 Å². The van der Waals surface area contributed by atoms with Crippen molar-refractivity contribution in [3.05, 3.63) is 39.9 Å². The first-order chi connectivity index (χ1) is 12.9. The summed E-state index contributed by atoms with van der Waals surface area (Å²) in [6, 6.07) is 6.25. The lowest BCUT2D eigenvalue weighted by atomic mass is 10.1. The molecule has 9 heteroatoms. The van der Waals surface area contributed by atoms with Gasteiger partial charge in [-0.25, -0.2) is 5.43 Å². The SMILES string of the molecule is COc1cc(/C=N/NC(=O)c2cc(OC)c(OC)c(OC)c2)cc(Br)c1O. The van der Waals surface area contributed by atoms with Crippen LogP contribution in [0.1, 0.15) is 15.9 Å². The third kappa shape index (κ3) is 4.62. The normalized spacial score (nSPS) is 10.6. The monoisotopic (exact) mass is 438 g/mol. The van der Waals surface area contributed by atoms with E-state index >= 15 is 0 Å². The third-order valence-electron chi connectivity index (χ3n) is 3.58. The lowest BCUT2D eigenvalue weighted by Gasteiger charge is -2.13. The van der Waals surface area contributed by atoms with E-state index in [-0.39, 0.29) is 17.1 Å². The van der Waals surface area contributed by atoms with Crippen LogP contribution in [0.3, 0.4) is 0 Å². The molecule has 0 aliphatic rings. The molecule has 0 aromatic heterocycles. The number of rotatable bonds is 7. The van der Waals surface area contributed by atoms with Crippen molar-refractivity contribution in [1.29, 1.82) is 0 Å². The molecule has 2 aromatic carbocycles. The quantitative estimate of drug-likeness (QED) is 0.509. The molecule has 0 aliphatic heterocycles. The number of nitrogens with zero attached hydrogens (tertiary/aromatic N) is 1. The average Bonchev–Trinajstić information content (AvgIpc) is 2.68. The Labute approximate surface area is 164 Å². The van der Waals surface area contributed by atoms with Crippen LogP contribution in [-0.4, -0.2) is 45.7 Å². The molecule has 144 valence electrons. The Kier molecular flexibility index (Phi) is 6.89. The molecule has 2 rings (SSSR count). The number of phenols is 1. The maximum atomic E-state index is 12.4. The number of hydrogen-bond acceptors (Lipinski definition) is 7. The zero-order valence-electron chi connectivity index (χ0n) is 15.2. The molecule has 0 saturated carbocycles. The van der Waals surface area contributed by atoms with E-state index in [1.54, 1.807) is 12.1 Å². The van der Waals surface area contributed by atoms with Gasteiger partial charge >= 0.3 is 0 Å². The first kappa shape index (κ1) is 20.4. The van der Waals surface area contributed by atoms with Crippen molar-refractivity contribution in [2.24, 2.45) is 5.10 Å². The van der Waals surface area contributed by atoms with Gasteiger partial charge < -0.3 is 24.1 Å². The molecule has 1 amide bonds. The fourth-order valence-electron chi connectivity index (χ4n) is 2.27. The molecule has 8 nitrogen and oxygen atoms in total. The van der Waals surface area contributed by atoms with Gasteiger partial charge in [0, 0.05) is 5.56 Å². The Hall–Kier alpha value is -2.94. The summed E-state index contributed by atoms with van der Waals surface area (Å²) in [6.07, 6.45) is 1.42. The van der Waals surface area contributed by atoms with Gasteiger partial charge in [-0.3, -0.25) is 4.79 Å². The Morgan fingerprint density at radius 3 is 2.11 bits per heavy atom. The minimum absolute atomic E-state index is 0.0175. The summed E-state index contributed by atoms with van der Waals surface area (Å²) in [5, 5.41) is 13.7. The van der Waals surface area contributed by atoms with E-state index in [1.807, 2.05) is 0 Å².